The van der Waals surface area contributed by atoms with Crippen LogP contribution in [0.4, 0.5) is 5.69 Å². The van der Waals surface area contributed by atoms with Gasteiger partial charge in [-0.3, -0.25) is 28.8 Å². The van der Waals surface area contributed by atoms with Gasteiger partial charge in [-0.2, -0.15) is 0 Å². The van der Waals surface area contributed by atoms with Crippen molar-refractivity contribution in [3.8, 4) is 0 Å². The molecule has 4 N–H and O–H groups in total. The minimum absolute atomic E-state index is 0.0854. The highest BCUT2D eigenvalue weighted by molar-refractivity contribution is 9.10. The number of rotatable bonds is 11. The Balaban J connectivity index is 1.24. The minimum Gasteiger partial charge on any atom is -0.353 e. The number of hydrogen-bond donors (Lipinski definition) is 4. The second kappa shape index (κ2) is 12.2. The third kappa shape index (κ3) is 6.43. The second-order valence-electron chi connectivity index (χ2n) is 11.0. The largest absolute Gasteiger partial charge is 0.353 e. The minimum atomic E-state index is -1.25. The van der Waals surface area contributed by atoms with Crippen LogP contribution in [0.5, 0.6) is 0 Å². The van der Waals surface area contributed by atoms with Crippen molar-refractivity contribution in [1.29, 1.82) is 0 Å². The van der Waals surface area contributed by atoms with Gasteiger partial charge in [0.1, 0.15) is 22.9 Å². The van der Waals surface area contributed by atoms with E-state index in [0.717, 1.165) is 23.7 Å². The molecule has 2 heterocycles. The van der Waals surface area contributed by atoms with Crippen LogP contribution in [-0.4, -0.2) is 58.1 Å². The average Bonchev–Trinajstić information content (AvgIpc) is 3.58. The van der Waals surface area contributed by atoms with Crippen LogP contribution in [0.15, 0.2) is 33.1 Å². The van der Waals surface area contributed by atoms with E-state index < -0.39 is 35.1 Å². The molecule has 5 unspecified atom stereocenters. The number of nitrogens with zero attached hydrogens (tertiary/aromatic N) is 2. The standard InChI is InChI=1S/C27H31BrN6O6S/c1-29-24(38)19(35)5-4-17(30-25(39)26-32-20(28)12-41-26)23(37)31-18-3-2-6-34(27(18)40)11-21(36)33-22-15-8-13-7-14(10-15)16(22)9-13/h2-3,6,12-17,22H,4-5,7-11H2,1H3,(H,29,38)(H,30,39)(H,31,37)(H,33,36)/t13?,14?,15?,16?,17-,22?/m0/s1. The van der Waals surface area contributed by atoms with E-state index in [2.05, 4.69) is 42.2 Å². The number of likely N-dealkylation sites (N-methyl/N-ethyl adjacent to an activating group) is 1. The highest BCUT2D eigenvalue weighted by Gasteiger charge is 2.54. The van der Waals surface area contributed by atoms with Gasteiger partial charge in [0.05, 0.1) is 0 Å². The molecule has 0 spiro atoms. The van der Waals surface area contributed by atoms with Crippen LogP contribution in [0.1, 0.15) is 48.3 Å². The van der Waals surface area contributed by atoms with Gasteiger partial charge >= 0.3 is 0 Å². The lowest BCUT2D eigenvalue weighted by molar-refractivity contribution is -0.137. The number of nitrogens with one attached hydrogen (secondary N) is 4. The molecule has 4 bridgehead atoms. The van der Waals surface area contributed by atoms with E-state index in [4.69, 9.17) is 0 Å². The van der Waals surface area contributed by atoms with Crippen molar-refractivity contribution in [2.24, 2.45) is 23.7 Å². The van der Waals surface area contributed by atoms with Crippen LogP contribution < -0.4 is 26.8 Å². The fourth-order valence-electron chi connectivity index (χ4n) is 6.70. The molecule has 2 aromatic rings. The SMILES string of the molecule is CNC(=O)C(=O)CC[C@H](NC(=O)c1nc(Br)cs1)C(=O)Nc1cccn(CC(=O)NC2C3CC4CC(C3)C2C4)c1=O. The lowest BCUT2D eigenvalue weighted by Crippen LogP contribution is -2.46. The van der Waals surface area contributed by atoms with Crippen LogP contribution in [-0.2, 0) is 25.7 Å². The van der Waals surface area contributed by atoms with E-state index in [-0.39, 0.29) is 42.0 Å². The Labute approximate surface area is 248 Å². The average molecular weight is 648 g/mol. The van der Waals surface area contributed by atoms with E-state index in [9.17, 15) is 28.8 Å². The summed E-state index contributed by atoms with van der Waals surface area (Å²) in [6, 6.07) is 1.85. The molecular formula is C27H31BrN6O6S. The number of thiazole rings is 1. The Morgan fingerprint density at radius 1 is 1.15 bits per heavy atom. The summed E-state index contributed by atoms with van der Waals surface area (Å²) in [5, 5.41) is 12.1. The number of ketones is 1. The zero-order valence-corrected chi connectivity index (χ0v) is 24.8. The zero-order chi connectivity index (χ0) is 29.3. The molecule has 4 aliphatic rings. The summed E-state index contributed by atoms with van der Waals surface area (Å²) in [6.45, 7) is -0.188. The van der Waals surface area contributed by atoms with Crippen LogP contribution in [0, 0.1) is 23.7 Å². The monoisotopic (exact) mass is 646 g/mol. The van der Waals surface area contributed by atoms with Gasteiger partial charge < -0.3 is 25.8 Å². The first-order chi connectivity index (χ1) is 19.6. The molecule has 12 nitrogen and oxygen atoms in total. The molecule has 6 atom stereocenters. The third-order valence-electron chi connectivity index (χ3n) is 8.41. The molecule has 4 saturated carbocycles. The first kappa shape index (κ1) is 29.1. The van der Waals surface area contributed by atoms with Crippen molar-refractivity contribution >= 4 is 62.4 Å². The number of pyridine rings is 1. The Kier molecular flexibility index (Phi) is 8.68. The number of carbonyl (C=O) groups excluding carboxylic acids is 5. The predicted molar refractivity (Wildman–Crippen MR) is 153 cm³/mol. The van der Waals surface area contributed by atoms with E-state index >= 15 is 0 Å². The smallest absolute Gasteiger partial charge is 0.287 e. The van der Waals surface area contributed by atoms with Crippen LogP contribution >= 0.6 is 27.3 Å². The fourth-order valence-corrected chi connectivity index (χ4v) is 7.85. The van der Waals surface area contributed by atoms with Gasteiger partial charge in [-0.25, -0.2) is 4.98 Å². The second-order valence-corrected chi connectivity index (χ2v) is 12.6. The molecule has 0 saturated heterocycles. The highest BCUT2D eigenvalue weighted by atomic mass is 79.9. The van der Waals surface area contributed by atoms with Gasteiger partial charge in [0.2, 0.25) is 17.6 Å². The molecule has 4 amide bonds. The Morgan fingerprint density at radius 3 is 2.63 bits per heavy atom. The number of Topliss-reactive ketones (excluding diaryl/α,β-unsaturated/α-hetero) is 1. The maximum Gasteiger partial charge on any atom is 0.287 e. The molecule has 2 aromatic heterocycles. The van der Waals surface area contributed by atoms with Crippen molar-refractivity contribution in [2.75, 3.05) is 12.4 Å². The van der Waals surface area contributed by atoms with Gasteiger partial charge in [0.15, 0.2) is 5.01 Å². The number of hydrogen-bond acceptors (Lipinski definition) is 8. The highest BCUT2D eigenvalue weighted by Crippen LogP contribution is 2.58. The van der Waals surface area contributed by atoms with E-state index in [1.807, 2.05) is 0 Å². The van der Waals surface area contributed by atoms with E-state index in [0.29, 0.717) is 22.4 Å². The Hall–Kier alpha value is -3.39. The molecule has 6 rings (SSSR count). The van der Waals surface area contributed by atoms with Gasteiger partial charge in [0, 0.05) is 31.1 Å². The lowest BCUT2D eigenvalue weighted by Gasteiger charge is -2.32. The van der Waals surface area contributed by atoms with Crippen LogP contribution in [0.25, 0.3) is 0 Å². The predicted octanol–water partition coefficient (Wildman–Crippen LogP) is 1.45. The van der Waals surface area contributed by atoms with Crippen LogP contribution in [0.3, 0.4) is 0 Å². The topological polar surface area (TPSA) is 168 Å². The van der Waals surface area contributed by atoms with Gasteiger partial charge in [-0.05, 0) is 83.8 Å². The Morgan fingerprint density at radius 2 is 1.93 bits per heavy atom. The molecule has 0 radical (unpaired) electrons. The van der Waals surface area contributed by atoms with Crippen LogP contribution in [0.2, 0.25) is 0 Å². The van der Waals surface area contributed by atoms with Gasteiger partial charge in [-0.15, -0.1) is 11.3 Å². The number of aromatic nitrogens is 2. The summed E-state index contributed by atoms with van der Waals surface area (Å²) in [6.07, 6.45) is 5.73. The summed E-state index contributed by atoms with van der Waals surface area (Å²) in [5.74, 6) is -0.699. The van der Waals surface area contributed by atoms with Crippen molar-refractivity contribution in [3.63, 3.8) is 0 Å². The maximum atomic E-state index is 13.2. The molecule has 218 valence electrons. The molecule has 0 aromatic carbocycles. The zero-order valence-electron chi connectivity index (χ0n) is 22.4. The molecule has 0 aliphatic heterocycles. The maximum absolute atomic E-state index is 13.2. The van der Waals surface area contributed by atoms with Crippen molar-refractivity contribution in [2.45, 2.75) is 57.2 Å². The summed E-state index contributed by atoms with van der Waals surface area (Å²) < 4.78 is 1.68. The number of anilines is 1. The van der Waals surface area contributed by atoms with Crippen molar-refractivity contribution in [1.82, 2.24) is 25.5 Å². The van der Waals surface area contributed by atoms with Crippen molar-refractivity contribution in [3.05, 3.63) is 43.7 Å². The van der Waals surface area contributed by atoms with Gasteiger partial charge in [0.25, 0.3) is 17.4 Å². The quantitative estimate of drug-likeness (QED) is 0.268. The normalized spacial score (nSPS) is 24.5. The number of carbonyl (C=O) groups is 5. The molecule has 41 heavy (non-hydrogen) atoms. The molecular weight excluding hydrogens is 616 g/mol. The lowest BCUT2D eigenvalue weighted by atomic mass is 9.79. The summed E-state index contributed by atoms with van der Waals surface area (Å²) in [7, 11) is 1.31. The summed E-state index contributed by atoms with van der Waals surface area (Å²) in [5.41, 5.74) is -0.669. The first-order valence-corrected chi connectivity index (χ1v) is 15.3. The van der Waals surface area contributed by atoms with Crippen molar-refractivity contribution < 1.29 is 24.0 Å². The first-order valence-electron chi connectivity index (χ1n) is 13.6. The summed E-state index contributed by atoms with van der Waals surface area (Å²) in [4.78, 5) is 79.7. The molecule has 4 aliphatic carbocycles. The van der Waals surface area contributed by atoms with E-state index in [1.165, 1.54) is 43.1 Å². The third-order valence-corrected chi connectivity index (χ3v) is 9.96. The molecule has 4 fully saturated rings. The summed E-state index contributed by atoms with van der Waals surface area (Å²) >= 11 is 4.22. The Bertz CT molecular complexity index is 1440. The fraction of sp³-hybridized carbons (Fsp3) is 0.519. The van der Waals surface area contributed by atoms with Gasteiger partial charge in [-0.1, -0.05) is 0 Å². The number of amides is 4. The number of halogens is 1. The van der Waals surface area contributed by atoms with E-state index in [1.54, 1.807) is 11.4 Å². The molecule has 14 heteroatoms.